The third-order valence-corrected chi connectivity index (χ3v) is 3.89. The van der Waals surface area contributed by atoms with Crippen LogP contribution in [-0.4, -0.2) is 116 Å². The Kier molecular flexibility index (Phi) is 8.64. The first-order chi connectivity index (χ1) is 12.5. The highest BCUT2D eigenvalue weighted by Crippen LogP contribution is 2.25. The summed E-state index contributed by atoms with van der Waals surface area (Å²) in [5, 5.41) is 69.1. The van der Waals surface area contributed by atoms with Crippen LogP contribution in [0.25, 0.3) is 0 Å². The number of aldehydes is 1. The van der Waals surface area contributed by atoms with Crippen molar-refractivity contribution in [3.63, 3.8) is 0 Å². The minimum Gasteiger partial charge on any atom is -0.479 e. The van der Waals surface area contributed by atoms with Gasteiger partial charge in [0.05, 0.1) is 6.61 Å². The van der Waals surface area contributed by atoms with E-state index in [0.717, 1.165) is 6.92 Å². The average molecular weight is 397 g/mol. The number of carbonyl (C=O) groups is 3. The van der Waals surface area contributed by atoms with Crippen LogP contribution in [0.15, 0.2) is 0 Å². The average Bonchev–Trinajstić information content (AvgIpc) is 2.62. The van der Waals surface area contributed by atoms with Gasteiger partial charge in [-0.25, -0.2) is 4.79 Å². The second-order valence-corrected chi connectivity index (χ2v) is 5.94. The minimum atomic E-state index is -2.01. The van der Waals surface area contributed by atoms with E-state index in [9.17, 15) is 39.9 Å². The van der Waals surface area contributed by atoms with Crippen molar-refractivity contribution in [2.45, 2.75) is 62.0 Å². The van der Waals surface area contributed by atoms with Crippen LogP contribution in [-0.2, 0) is 23.9 Å². The van der Waals surface area contributed by atoms with Crippen LogP contribution in [0.4, 0.5) is 0 Å². The topological polar surface area (TPSA) is 223 Å². The summed E-state index contributed by atoms with van der Waals surface area (Å²) in [5.74, 6) is -2.42. The van der Waals surface area contributed by atoms with Gasteiger partial charge < -0.3 is 55.3 Å². The smallest absolute Gasteiger partial charge is 0.335 e. The fourth-order valence-corrected chi connectivity index (χ4v) is 2.45. The van der Waals surface area contributed by atoms with E-state index in [-0.39, 0.29) is 6.29 Å². The molecule has 156 valence electrons. The summed E-state index contributed by atoms with van der Waals surface area (Å²) in [4.78, 5) is 33.6. The Balaban J connectivity index is 3.12. The molecule has 0 aliphatic carbocycles. The van der Waals surface area contributed by atoms with E-state index in [1.54, 1.807) is 0 Å². The molecular formula is C14H23NO12. The molecule has 0 unspecified atom stereocenters. The van der Waals surface area contributed by atoms with Gasteiger partial charge >= 0.3 is 5.97 Å². The van der Waals surface area contributed by atoms with Crippen molar-refractivity contribution >= 4 is 18.2 Å². The Labute approximate surface area is 152 Å². The van der Waals surface area contributed by atoms with E-state index in [1.807, 2.05) is 0 Å². The lowest BCUT2D eigenvalue weighted by Crippen LogP contribution is -2.63. The molecule has 1 fully saturated rings. The highest BCUT2D eigenvalue weighted by Gasteiger charge is 2.49. The molecule has 0 spiro atoms. The molecule has 0 bridgehead atoms. The third kappa shape index (κ3) is 5.63. The van der Waals surface area contributed by atoms with Crippen molar-refractivity contribution in [1.29, 1.82) is 0 Å². The summed E-state index contributed by atoms with van der Waals surface area (Å²) in [6.07, 6.45) is -15.5. The van der Waals surface area contributed by atoms with E-state index in [0.29, 0.717) is 0 Å². The second kappa shape index (κ2) is 10.0. The number of aliphatic hydroxyl groups is 6. The molecule has 0 saturated carbocycles. The zero-order chi connectivity index (χ0) is 20.9. The van der Waals surface area contributed by atoms with Gasteiger partial charge in [0.1, 0.15) is 49.0 Å². The van der Waals surface area contributed by atoms with Crippen LogP contribution in [0.5, 0.6) is 0 Å². The summed E-state index contributed by atoms with van der Waals surface area (Å²) >= 11 is 0. The van der Waals surface area contributed by atoms with Crippen molar-refractivity contribution in [3.05, 3.63) is 0 Å². The first-order valence-corrected chi connectivity index (χ1v) is 7.82. The zero-order valence-electron chi connectivity index (χ0n) is 14.2. The maximum Gasteiger partial charge on any atom is 0.335 e. The Morgan fingerprint density at radius 1 is 1.19 bits per heavy atom. The van der Waals surface area contributed by atoms with Crippen LogP contribution >= 0.6 is 0 Å². The lowest BCUT2D eigenvalue weighted by Gasteiger charge is -2.41. The van der Waals surface area contributed by atoms with Gasteiger partial charge in [0.2, 0.25) is 5.91 Å². The zero-order valence-corrected chi connectivity index (χ0v) is 14.2. The standard InChI is InChI=1S/C14H23NO12/c1-4(18)15-5(2-16)11(7(20)6(19)3-17)26-14-10(23)8(21)9(22)12(27-14)13(24)25/h2,5-12,14,17,19-23H,3H2,1H3,(H,15,18)(H,24,25)/t5-,6+,7+,8-,9-,10+,11+,12+,14+/m0/s1. The number of amides is 1. The number of aliphatic carboxylic acids is 1. The molecule has 27 heavy (non-hydrogen) atoms. The molecular weight excluding hydrogens is 374 g/mol. The molecule has 0 aromatic carbocycles. The molecule has 0 aromatic rings. The molecule has 9 atom stereocenters. The largest absolute Gasteiger partial charge is 0.479 e. The number of rotatable bonds is 9. The fourth-order valence-electron chi connectivity index (χ4n) is 2.45. The molecule has 0 radical (unpaired) electrons. The minimum absolute atomic E-state index is 0.133. The maximum atomic E-state index is 11.3. The predicted molar refractivity (Wildman–Crippen MR) is 82.0 cm³/mol. The van der Waals surface area contributed by atoms with Crippen molar-refractivity contribution in [2.24, 2.45) is 0 Å². The summed E-state index contributed by atoms with van der Waals surface area (Å²) in [6.45, 7) is 0.0782. The quantitative estimate of drug-likeness (QED) is 0.171. The van der Waals surface area contributed by atoms with Gasteiger partial charge in [-0.3, -0.25) is 4.79 Å². The van der Waals surface area contributed by atoms with Gasteiger partial charge in [-0.2, -0.15) is 0 Å². The van der Waals surface area contributed by atoms with E-state index in [4.69, 9.17) is 19.7 Å². The lowest BCUT2D eigenvalue weighted by molar-refractivity contribution is -0.314. The van der Waals surface area contributed by atoms with E-state index in [1.165, 1.54) is 0 Å². The van der Waals surface area contributed by atoms with E-state index in [2.05, 4.69) is 5.32 Å². The molecule has 1 aliphatic rings. The Morgan fingerprint density at radius 2 is 1.78 bits per heavy atom. The predicted octanol–water partition coefficient (Wildman–Crippen LogP) is -5.32. The summed E-state index contributed by atoms with van der Waals surface area (Å²) < 4.78 is 10.0. The molecule has 1 saturated heterocycles. The van der Waals surface area contributed by atoms with Crippen LogP contribution in [0.2, 0.25) is 0 Å². The first-order valence-electron chi connectivity index (χ1n) is 7.82. The Bertz CT molecular complexity index is 530. The summed E-state index contributed by atoms with van der Waals surface area (Å²) in [5.41, 5.74) is 0. The van der Waals surface area contributed by atoms with Crippen molar-refractivity contribution in [3.8, 4) is 0 Å². The van der Waals surface area contributed by atoms with Crippen LogP contribution in [0.1, 0.15) is 6.92 Å². The second-order valence-electron chi connectivity index (χ2n) is 5.94. The molecule has 1 amide bonds. The lowest BCUT2D eigenvalue weighted by atomic mass is 9.98. The Hall–Kier alpha value is -1.71. The fraction of sp³-hybridized carbons (Fsp3) is 0.786. The maximum absolute atomic E-state index is 11.3. The molecule has 13 nitrogen and oxygen atoms in total. The number of carbonyl (C=O) groups excluding carboxylic acids is 2. The van der Waals surface area contributed by atoms with Gasteiger partial charge in [0, 0.05) is 6.92 Å². The molecule has 0 aromatic heterocycles. The first kappa shape index (κ1) is 23.3. The summed E-state index contributed by atoms with van der Waals surface area (Å²) in [6, 6.07) is -1.60. The normalized spacial score (nSPS) is 32.8. The monoisotopic (exact) mass is 397 g/mol. The van der Waals surface area contributed by atoms with Crippen molar-refractivity contribution in [1.82, 2.24) is 5.32 Å². The number of nitrogens with one attached hydrogen (secondary N) is 1. The van der Waals surface area contributed by atoms with Gasteiger partial charge in [-0.05, 0) is 0 Å². The van der Waals surface area contributed by atoms with Crippen LogP contribution in [0, 0.1) is 0 Å². The van der Waals surface area contributed by atoms with Crippen molar-refractivity contribution < 1.29 is 59.6 Å². The number of carboxylic acid groups (broad SMARTS) is 1. The molecule has 1 heterocycles. The van der Waals surface area contributed by atoms with Gasteiger partial charge in [0.25, 0.3) is 0 Å². The highest BCUT2D eigenvalue weighted by molar-refractivity contribution is 5.77. The Morgan fingerprint density at radius 3 is 2.22 bits per heavy atom. The number of hydrogen-bond donors (Lipinski definition) is 8. The third-order valence-electron chi connectivity index (χ3n) is 3.89. The highest BCUT2D eigenvalue weighted by atomic mass is 16.7. The van der Waals surface area contributed by atoms with E-state index >= 15 is 0 Å². The van der Waals surface area contributed by atoms with Gasteiger partial charge in [-0.1, -0.05) is 0 Å². The van der Waals surface area contributed by atoms with Gasteiger partial charge in [0.15, 0.2) is 12.4 Å². The summed E-state index contributed by atoms with van der Waals surface area (Å²) in [7, 11) is 0. The SMILES string of the molecule is CC(=O)N[C@@H](C=O)[C@@H](O[C@@H]1O[C@@H](C(=O)O)[C@@H](O)[C@H](O)[C@H]1O)[C@H](O)[C@H](O)CO. The van der Waals surface area contributed by atoms with E-state index < -0.39 is 73.5 Å². The van der Waals surface area contributed by atoms with Crippen molar-refractivity contribution in [2.75, 3.05) is 6.61 Å². The number of aliphatic hydroxyl groups excluding tert-OH is 6. The number of ether oxygens (including phenoxy) is 2. The molecule has 1 aliphatic heterocycles. The molecule has 1 rings (SSSR count). The van der Waals surface area contributed by atoms with Crippen LogP contribution < -0.4 is 5.32 Å². The number of hydrogen-bond acceptors (Lipinski definition) is 11. The van der Waals surface area contributed by atoms with Gasteiger partial charge in [-0.15, -0.1) is 0 Å². The molecule has 8 N–H and O–H groups in total. The van der Waals surface area contributed by atoms with Crippen LogP contribution in [0.3, 0.4) is 0 Å². The molecule has 13 heteroatoms. The number of carboxylic acids is 1.